The molecule has 2 aromatic rings. The number of aryl methyl sites for hydroxylation is 2. The fraction of sp³-hybridized carbons (Fsp3) is 0.462. The van der Waals surface area contributed by atoms with Gasteiger partial charge in [0.05, 0.1) is 15.2 Å². The summed E-state index contributed by atoms with van der Waals surface area (Å²) < 4.78 is 0.958. The first kappa shape index (κ1) is 14.4. The average Bonchev–Trinajstić information content (AvgIpc) is 2.84. The minimum Gasteiger partial charge on any atom is -0.369 e. The van der Waals surface area contributed by atoms with Gasteiger partial charge >= 0.3 is 0 Å². The van der Waals surface area contributed by atoms with Crippen LogP contribution >= 0.6 is 27.3 Å². The lowest BCUT2D eigenvalue weighted by Gasteiger charge is -2.10. The van der Waals surface area contributed by atoms with Gasteiger partial charge in [-0.2, -0.15) is 0 Å². The van der Waals surface area contributed by atoms with E-state index in [1.165, 1.54) is 0 Å². The molecule has 102 valence electrons. The van der Waals surface area contributed by atoms with Gasteiger partial charge in [0, 0.05) is 11.9 Å². The molecule has 0 radical (unpaired) electrons. The molecule has 0 saturated carbocycles. The van der Waals surface area contributed by atoms with Crippen molar-refractivity contribution >= 4 is 33.1 Å². The van der Waals surface area contributed by atoms with Crippen LogP contribution < -0.4 is 5.32 Å². The van der Waals surface area contributed by atoms with Gasteiger partial charge in [0.25, 0.3) is 0 Å². The predicted octanol–water partition coefficient (Wildman–Crippen LogP) is 4.06. The van der Waals surface area contributed by atoms with E-state index < -0.39 is 0 Å². The van der Waals surface area contributed by atoms with Crippen molar-refractivity contribution in [3.8, 4) is 11.5 Å². The van der Waals surface area contributed by atoms with Gasteiger partial charge in [-0.15, -0.1) is 11.3 Å². The summed E-state index contributed by atoms with van der Waals surface area (Å²) in [6, 6.07) is 0. The monoisotopic (exact) mass is 340 g/mol. The molecule has 6 heteroatoms. The highest BCUT2D eigenvalue weighted by atomic mass is 79.9. The zero-order chi connectivity index (χ0) is 13.8. The summed E-state index contributed by atoms with van der Waals surface area (Å²) >= 11 is 5.20. The fourth-order valence-electron chi connectivity index (χ4n) is 1.67. The van der Waals surface area contributed by atoms with Crippen LogP contribution in [0.4, 0.5) is 5.82 Å². The molecular weight excluding hydrogens is 324 g/mol. The zero-order valence-corrected chi connectivity index (χ0v) is 13.7. The molecule has 0 bridgehead atoms. The van der Waals surface area contributed by atoms with E-state index >= 15 is 0 Å². The fourth-order valence-corrected chi connectivity index (χ4v) is 2.86. The second kappa shape index (κ2) is 6.43. The van der Waals surface area contributed by atoms with Gasteiger partial charge in [-0.1, -0.05) is 13.8 Å². The largest absolute Gasteiger partial charge is 0.369 e. The van der Waals surface area contributed by atoms with Crippen molar-refractivity contribution in [2.75, 3.05) is 11.9 Å². The van der Waals surface area contributed by atoms with E-state index in [0.29, 0.717) is 5.82 Å². The van der Waals surface area contributed by atoms with Crippen LogP contribution in [0.25, 0.3) is 11.5 Å². The molecule has 4 nitrogen and oxygen atoms in total. The highest BCUT2D eigenvalue weighted by molar-refractivity contribution is 9.10. The Morgan fingerprint density at radius 3 is 2.63 bits per heavy atom. The van der Waals surface area contributed by atoms with Crippen molar-refractivity contribution in [1.82, 2.24) is 15.0 Å². The number of nitrogens with zero attached hydrogens (tertiary/aromatic N) is 3. The summed E-state index contributed by atoms with van der Waals surface area (Å²) in [7, 11) is 0. The molecule has 0 aliphatic carbocycles. The smallest absolute Gasteiger partial charge is 0.181 e. The number of rotatable bonds is 5. The number of hydrogen-bond acceptors (Lipinski definition) is 5. The number of aromatic nitrogens is 3. The molecule has 0 fully saturated rings. The van der Waals surface area contributed by atoms with Crippen molar-refractivity contribution in [3.63, 3.8) is 0 Å². The first-order valence-electron chi connectivity index (χ1n) is 6.38. The molecule has 1 N–H and O–H groups in total. The van der Waals surface area contributed by atoms with E-state index in [1.807, 2.05) is 12.3 Å². The molecule has 0 aliphatic rings. The van der Waals surface area contributed by atoms with Crippen LogP contribution in [0.1, 0.15) is 31.0 Å². The highest BCUT2D eigenvalue weighted by Crippen LogP contribution is 2.28. The van der Waals surface area contributed by atoms with Gasteiger partial charge in [0.15, 0.2) is 5.82 Å². The van der Waals surface area contributed by atoms with Gasteiger partial charge in [-0.3, -0.25) is 0 Å². The first-order valence-corrected chi connectivity index (χ1v) is 8.05. The minimum absolute atomic E-state index is 0.697. The Morgan fingerprint density at radius 1 is 1.26 bits per heavy atom. The van der Waals surface area contributed by atoms with E-state index in [-0.39, 0.29) is 0 Å². The van der Waals surface area contributed by atoms with E-state index in [1.54, 1.807) is 11.3 Å². The molecule has 0 aliphatic heterocycles. The number of halogens is 1. The van der Waals surface area contributed by atoms with Crippen LogP contribution in [-0.4, -0.2) is 21.5 Å². The third kappa shape index (κ3) is 3.30. The molecule has 0 unspecified atom stereocenters. The summed E-state index contributed by atoms with van der Waals surface area (Å²) in [4.78, 5) is 13.6. The van der Waals surface area contributed by atoms with Gasteiger partial charge in [-0.05, 0) is 35.7 Å². The van der Waals surface area contributed by atoms with E-state index in [2.05, 4.69) is 50.0 Å². The van der Waals surface area contributed by atoms with E-state index in [0.717, 1.165) is 46.1 Å². The number of hydrogen-bond donors (Lipinski definition) is 1. The Bertz CT molecular complexity index is 568. The van der Waals surface area contributed by atoms with Crippen LogP contribution in [0.2, 0.25) is 0 Å². The topological polar surface area (TPSA) is 50.7 Å². The van der Waals surface area contributed by atoms with Crippen molar-refractivity contribution in [2.24, 2.45) is 0 Å². The molecule has 2 heterocycles. The van der Waals surface area contributed by atoms with Crippen LogP contribution in [-0.2, 0) is 6.42 Å². The van der Waals surface area contributed by atoms with Crippen molar-refractivity contribution < 1.29 is 0 Å². The Kier molecular flexibility index (Phi) is 4.87. The van der Waals surface area contributed by atoms with E-state index in [9.17, 15) is 0 Å². The standard InChI is InChI=1S/C13H17BrN4S/c1-4-6-15-13-11(14)9(5-2)17-12(18-13)10-7-19-8(3)16-10/h7H,4-6H2,1-3H3,(H,15,17,18). The Hall–Kier alpha value is -1.01. The van der Waals surface area contributed by atoms with Crippen molar-refractivity contribution in [3.05, 3.63) is 20.6 Å². The number of nitrogens with one attached hydrogen (secondary N) is 1. The lowest BCUT2D eigenvalue weighted by atomic mass is 10.3. The van der Waals surface area contributed by atoms with Gasteiger partial charge in [-0.25, -0.2) is 15.0 Å². The summed E-state index contributed by atoms with van der Waals surface area (Å²) in [5, 5.41) is 6.36. The van der Waals surface area contributed by atoms with Crippen LogP contribution in [0.3, 0.4) is 0 Å². The summed E-state index contributed by atoms with van der Waals surface area (Å²) in [5.74, 6) is 1.55. The first-order chi connectivity index (χ1) is 9.15. The Balaban J connectivity index is 2.44. The molecule has 0 saturated heterocycles. The second-order valence-corrected chi connectivity index (χ2v) is 6.04. The van der Waals surface area contributed by atoms with Crippen molar-refractivity contribution in [2.45, 2.75) is 33.6 Å². The average molecular weight is 341 g/mol. The van der Waals surface area contributed by atoms with Gasteiger partial charge < -0.3 is 5.32 Å². The van der Waals surface area contributed by atoms with Gasteiger partial charge in [0.1, 0.15) is 11.5 Å². The molecule has 0 aromatic carbocycles. The minimum atomic E-state index is 0.697. The Labute approximate surface area is 125 Å². The quantitative estimate of drug-likeness (QED) is 0.891. The van der Waals surface area contributed by atoms with Crippen LogP contribution in [0.5, 0.6) is 0 Å². The Morgan fingerprint density at radius 2 is 2.05 bits per heavy atom. The maximum Gasteiger partial charge on any atom is 0.181 e. The summed E-state index contributed by atoms with van der Waals surface area (Å²) in [5.41, 5.74) is 1.86. The molecule has 2 rings (SSSR count). The van der Waals surface area contributed by atoms with Crippen LogP contribution in [0, 0.1) is 6.92 Å². The van der Waals surface area contributed by atoms with Crippen molar-refractivity contribution in [1.29, 1.82) is 0 Å². The summed E-state index contributed by atoms with van der Waals surface area (Å²) in [6.45, 7) is 7.11. The lowest BCUT2D eigenvalue weighted by Crippen LogP contribution is -2.07. The molecule has 0 spiro atoms. The normalized spacial score (nSPS) is 10.7. The van der Waals surface area contributed by atoms with E-state index in [4.69, 9.17) is 0 Å². The van der Waals surface area contributed by atoms with Gasteiger partial charge in [0.2, 0.25) is 0 Å². The number of anilines is 1. The van der Waals surface area contributed by atoms with Crippen LogP contribution in [0.15, 0.2) is 9.85 Å². The molecular formula is C13H17BrN4S. The number of thiazole rings is 1. The molecule has 2 aromatic heterocycles. The zero-order valence-electron chi connectivity index (χ0n) is 11.3. The molecule has 0 atom stereocenters. The maximum absolute atomic E-state index is 4.59. The second-order valence-electron chi connectivity index (χ2n) is 4.19. The lowest BCUT2D eigenvalue weighted by molar-refractivity contribution is 0.941. The third-order valence-corrected chi connectivity index (χ3v) is 4.25. The predicted molar refractivity (Wildman–Crippen MR) is 83.7 cm³/mol. The molecule has 0 amide bonds. The summed E-state index contributed by atoms with van der Waals surface area (Å²) in [6.07, 6.45) is 1.92. The third-order valence-electron chi connectivity index (χ3n) is 2.65. The maximum atomic E-state index is 4.59. The molecule has 19 heavy (non-hydrogen) atoms. The highest BCUT2D eigenvalue weighted by Gasteiger charge is 2.13. The SMILES string of the molecule is CCCNc1nc(-c2csc(C)n2)nc(CC)c1Br.